The number of hydrogen-bond acceptors (Lipinski definition) is 2. The van der Waals surface area contributed by atoms with Gasteiger partial charge >= 0.3 is 0 Å². The Balaban J connectivity index is 1.97. The van der Waals surface area contributed by atoms with Crippen LogP contribution in [0.5, 0.6) is 5.75 Å². The molecule has 0 heterocycles. The molecule has 18 heavy (non-hydrogen) atoms. The molecule has 1 aromatic carbocycles. The summed E-state index contributed by atoms with van der Waals surface area (Å²) >= 11 is 6.03. The summed E-state index contributed by atoms with van der Waals surface area (Å²) in [6.07, 6.45) is 3.76. The molecule has 1 saturated carbocycles. The second-order valence-electron chi connectivity index (χ2n) is 4.92. The SMILES string of the molecule is Cc1ccc(C(=O)NC2CCC(Cl)CC2)cc1O. The molecule has 1 amide bonds. The van der Waals surface area contributed by atoms with Gasteiger partial charge in [-0.1, -0.05) is 6.07 Å². The fraction of sp³-hybridized carbons (Fsp3) is 0.500. The number of aromatic hydroxyl groups is 1. The number of benzene rings is 1. The number of carbonyl (C=O) groups excluding carboxylic acids is 1. The van der Waals surface area contributed by atoms with Crippen LogP contribution in [-0.2, 0) is 0 Å². The molecular weight excluding hydrogens is 250 g/mol. The van der Waals surface area contributed by atoms with Gasteiger partial charge in [-0.2, -0.15) is 0 Å². The third-order valence-electron chi connectivity index (χ3n) is 3.46. The Labute approximate surface area is 112 Å². The van der Waals surface area contributed by atoms with Crippen molar-refractivity contribution in [2.24, 2.45) is 0 Å². The van der Waals surface area contributed by atoms with Crippen molar-refractivity contribution < 1.29 is 9.90 Å². The minimum atomic E-state index is -0.122. The van der Waals surface area contributed by atoms with Crippen LogP contribution >= 0.6 is 11.6 Å². The highest BCUT2D eigenvalue weighted by molar-refractivity contribution is 6.20. The molecule has 0 aliphatic heterocycles. The second-order valence-corrected chi connectivity index (χ2v) is 5.54. The van der Waals surface area contributed by atoms with Gasteiger partial charge in [-0.05, 0) is 50.3 Å². The summed E-state index contributed by atoms with van der Waals surface area (Å²) in [6, 6.07) is 5.20. The largest absolute Gasteiger partial charge is 0.508 e. The molecule has 0 unspecified atom stereocenters. The van der Waals surface area contributed by atoms with Crippen molar-refractivity contribution >= 4 is 17.5 Å². The van der Waals surface area contributed by atoms with Gasteiger partial charge in [0.1, 0.15) is 5.75 Å². The Morgan fingerprint density at radius 1 is 1.33 bits per heavy atom. The average Bonchev–Trinajstić information content (AvgIpc) is 2.35. The van der Waals surface area contributed by atoms with E-state index < -0.39 is 0 Å². The molecule has 4 heteroatoms. The number of carbonyl (C=O) groups is 1. The van der Waals surface area contributed by atoms with E-state index in [0.29, 0.717) is 5.56 Å². The molecule has 1 aromatic rings. The van der Waals surface area contributed by atoms with Crippen LogP contribution in [0.4, 0.5) is 0 Å². The van der Waals surface area contributed by atoms with Crippen LogP contribution in [0.25, 0.3) is 0 Å². The van der Waals surface area contributed by atoms with Gasteiger partial charge in [-0.15, -0.1) is 11.6 Å². The smallest absolute Gasteiger partial charge is 0.251 e. The molecule has 0 aromatic heterocycles. The number of phenols is 1. The third kappa shape index (κ3) is 3.16. The zero-order valence-electron chi connectivity index (χ0n) is 10.4. The van der Waals surface area contributed by atoms with Crippen molar-refractivity contribution in [3.05, 3.63) is 29.3 Å². The fourth-order valence-electron chi connectivity index (χ4n) is 2.22. The number of phenolic OH excluding ortho intramolecular Hbond substituents is 1. The number of aryl methyl sites for hydroxylation is 1. The predicted molar refractivity (Wildman–Crippen MR) is 72.2 cm³/mol. The lowest BCUT2D eigenvalue weighted by Crippen LogP contribution is -2.37. The Morgan fingerprint density at radius 3 is 2.61 bits per heavy atom. The van der Waals surface area contributed by atoms with E-state index in [-0.39, 0.29) is 23.1 Å². The van der Waals surface area contributed by atoms with E-state index in [4.69, 9.17) is 11.6 Å². The van der Waals surface area contributed by atoms with Crippen LogP contribution < -0.4 is 5.32 Å². The highest BCUT2D eigenvalue weighted by atomic mass is 35.5. The van der Waals surface area contributed by atoms with Gasteiger partial charge < -0.3 is 10.4 Å². The summed E-state index contributed by atoms with van der Waals surface area (Å²) < 4.78 is 0. The Hall–Kier alpha value is -1.22. The van der Waals surface area contributed by atoms with Gasteiger partial charge in [0.25, 0.3) is 5.91 Å². The fourth-order valence-corrected chi connectivity index (χ4v) is 2.47. The quantitative estimate of drug-likeness (QED) is 0.810. The first-order chi connectivity index (χ1) is 8.56. The number of halogens is 1. The summed E-state index contributed by atoms with van der Waals surface area (Å²) in [7, 11) is 0. The van der Waals surface area contributed by atoms with E-state index in [9.17, 15) is 9.90 Å². The minimum Gasteiger partial charge on any atom is -0.508 e. The number of amides is 1. The standard InChI is InChI=1S/C14H18ClNO2/c1-9-2-3-10(8-13(9)17)14(18)16-12-6-4-11(15)5-7-12/h2-3,8,11-12,17H,4-7H2,1H3,(H,16,18). The Bertz CT molecular complexity index is 439. The summed E-state index contributed by atoms with van der Waals surface area (Å²) in [5, 5.41) is 12.8. The number of rotatable bonds is 2. The van der Waals surface area contributed by atoms with Crippen molar-refractivity contribution in [2.75, 3.05) is 0 Å². The maximum absolute atomic E-state index is 12.0. The summed E-state index contributed by atoms with van der Waals surface area (Å²) in [6.45, 7) is 1.80. The minimum absolute atomic E-state index is 0.122. The van der Waals surface area contributed by atoms with Crippen molar-refractivity contribution in [1.82, 2.24) is 5.32 Å². The summed E-state index contributed by atoms with van der Waals surface area (Å²) in [4.78, 5) is 12.0. The zero-order valence-corrected chi connectivity index (χ0v) is 11.2. The molecule has 0 saturated heterocycles. The average molecular weight is 268 g/mol. The third-order valence-corrected chi connectivity index (χ3v) is 3.90. The lowest BCUT2D eigenvalue weighted by atomic mass is 9.95. The van der Waals surface area contributed by atoms with Gasteiger partial charge in [0.2, 0.25) is 0 Å². The van der Waals surface area contributed by atoms with Gasteiger partial charge in [0.05, 0.1) is 0 Å². The van der Waals surface area contributed by atoms with Gasteiger partial charge in [-0.25, -0.2) is 0 Å². The van der Waals surface area contributed by atoms with Crippen molar-refractivity contribution in [3.8, 4) is 5.75 Å². The van der Waals surface area contributed by atoms with E-state index >= 15 is 0 Å². The molecule has 3 nitrogen and oxygen atoms in total. The monoisotopic (exact) mass is 267 g/mol. The van der Waals surface area contributed by atoms with Crippen molar-refractivity contribution in [1.29, 1.82) is 0 Å². The first-order valence-electron chi connectivity index (χ1n) is 6.31. The summed E-state index contributed by atoms with van der Waals surface area (Å²) in [5.74, 6) is 0.0374. The highest BCUT2D eigenvalue weighted by Gasteiger charge is 2.21. The normalized spacial score (nSPS) is 23.7. The van der Waals surface area contributed by atoms with E-state index in [1.165, 1.54) is 6.07 Å². The molecule has 98 valence electrons. The first kappa shape index (κ1) is 13.2. The van der Waals surface area contributed by atoms with Crippen molar-refractivity contribution in [2.45, 2.75) is 44.0 Å². The molecule has 0 atom stereocenters. The van der Waals surface area contributed by atoms with E-state index in [2.05, 4.69) is 5.32 Å². The predicted octanol–water partition coefficient (Wildman–Crippen LogP) is 2.98. The van der Waals surface area contributed by atoms with E-state index in [1.54, 1.807) is 19.1 Å². The van der Waals surface area contributed by atoms with Gasteiger partial charge in [-0.3, -0.25) is 4.79 Å². The lowest BCUT2D eigenvalue weighted by molar-refractivity contribution is 0.0927. The molecule has 1 fully saturated rings. The maximum atomic E-state index is 12.0. The number of alkyl halides is 1. The molecule has 0 radical (unpaired) electrons. The van der Waals surface area contributed by atoms with Crippen LogP contribution in [0, 0.1) is 6.92 Å². The van der Waals surface area contributed by atoms with Gasteiger partial charge in [0, 0.05) is 17.0 Å². The first-order valence-corrected chi connectivity index (χ1v) is 6.74. The lowest BCUT2D eigenvalue weighted by Gasteiger charge is -2.25. The summed E-state index contributed by atoms with van der Waals surface area (Å²) in [5.41, 5.74) is 1.28. The number of hydrogen-bond donors (Lipinski definition) is 2. The maximum Gasteiger partial charge on any atom is 0.251 e. The molecule has 0 bridgehead atoms. The molecule has 1 aliphatic carbocycles. The Kier molecular flexibility index (Phi) is 4.12. The zero-order chi connectivity index (χ0) is 13.1. The van der Waals surface area contributed by atoms with Crippen LogP contribution in [0.3, 0.4) is 0 Å². The van der Waals surface area contributed by atoms with E-state index in [1.807, 2.05) is 0 Å². The second kappa shape index (κ2) is 5.61. The number of nitrogens with one attached hydrogen (secondary N) is 1. The van der Waals surface area contributed by atoms with E-state index in [0.717, 1.165) is 31.2 Å². The molecule has 1 aliphatic rings. The Morgan fingerprint density at radius 2 is 2.00 bits per heavy atom. The molecule has 0 spiro atoms. The molecule has 2 N–H and O–H groups in total. The topological polar surface area (TPSA) is 49.3 Å². The van der Waals surface area contributed by atoms with Crippen LogP contribution in [-0.4, -0.2) is 22.4 Å². The molecule has 2 rings (SSSR count). The van der Waals surface area contributed by atoms with Gasteiger partial charge in [0.15, 0.2) is 0 Å². The van der Waals surface area contributed by atoms with Crippen molar-refractivity contribution in [3.63, 3.8) is 0 Å². The van der Waals surface area contributed by atoms with Crippen LogP contribution in [0.1, 0.15) is 41.6 Å². The highest BCUT2D eigenvalue weighted by Crippen LogP contribution is 2.23. The van der Waals surface area contributed by atoms with Crippen LogP contribution in [0.15, 0.2) is 18.2 Å². The van der Waals surface area contributed by atoms with Crippen LogP contribution in [0.2, 0.25) is 0 Å². The molecular formula is C14H18ClNO2.